The van der Waals surface area contributed by atoms with Gasteiger partial charge in [0.15, 0.2) is 5.82 Å². The van der Waals surface area contributed by atoms with E-state index in [1.54, 1.807) is 18.2 Å². The number of amides is 3. The lowest BCUT2D eigenvalue weighted by Gasteiger charge is -2.27. The van der Waals surface area contributed by atoms with Gasteiger partial charge in [-0.05, 0) is 35.9 Å². The van der Waals surface area contributed by atoms with Crippen LogP contribution in [-0.2, 0) is 11.3 Å². The maximum Gasteiger partial charge on any atom is 0.332 e. The summed E-state index contributed by atoms with van der Waals surface area (Å²) in [5.41, 5.74) is 2.61. The van der Waals surface area contributed by atoms with E-state index in [0.717, 1.165) is 38.4 Å². The molecular weight excluding hydrogens is 535 g/mol. The minimum Gasteiger partial charge on any atom is -0.379 e. The lowest BCUT2D eigenvalue weighted by Crippen LogP contribution is -2.35. The van der Waals surface area contributed by atoms with Crippen molar-refractivity contribution in [2.24, 2.45) is 0 Å². The van der Waals surface area contributed by atoms with E-state index >= 15 is 0 Å². The predicted octanol–water partition coefficient (Wildman–Crippen LogP) is 5.77. The van der Waals surface area contributed by atoms with Crippen molar-refractivity contribution in [1.82, 2.24) is 14.9 Å². The highest BCUT2D eigenvalue weighted by atomic mass is 35.5. The topological polar surface area (TPSA) is 99.7 Å². The summed E-state index contributed by atoms with van der Waals surface area (Å²) in [6.45, 7) is 4.15. The number of morpholine rings is 1. The number of rotatable bonds is 5. The van der Waals surface area contributed by atoms with Crippen molar-refractivity contribution in [1.29, 1.82) is 0 Å². The summed E-state index contributed by atoms with van der Waals surface area (Å²) >= 11 is 13.6. The smallest absolute Gasteiger partial charge is 0.332 e. The number of hydrogen-bond donors (Lipinski definition) is 2. The first-order valence-electron chi connectivity index (χ1n) is 11.5. The molecule has 6 rings (SSSR count). The molecule has 2 N–H and O–H groups in total. The van der Waals surface area contributed by atoms with Crippen LogP contribution in [0, 0.1) is 0 Å². The van der Waals surface area contributed by atoms with Crippen LogP contribution in [0.4, 0.5) is 27.7 Å². The van der Waals surface area contributed by atoms with E-state index in [2.05, 4.69) is 25.5 Å². The minimum absolute atomic E-state index is 0.295. The number of urea groups is 1. The first-order valence-corrected chi connectivity index (χ1v) is 13.1. The third-order valence-corrected chi connectivity index (χ3v) is 7.83. The number of benzene rings is 2. The van der Waals surface area contributed by atoms with Gasteiger partial charge in [0.2, 0.25) is 0 Å². The van der Waals surface area contributed by atoms with Crippen molar-refractivity contribution < 1.29 is 14.3 Å². The molecule has 37 heavy (non-hydrogen) atoms. The van der Waals surface area contributed by atoms with Gasteiger partial charge in [0.1, 0.15) is 16.0 Å². The average molecular weight is 555 g/mol. The van der Waals surface area contributed by atoms with Crippen molar-refractivity contribution in [3.05, 3.63) is 69.3 Å². The maximum absolute atomic E-state index is 13.3. The van der Waals surface area contributed by atoms with Crippen LogP contribution in [0.2, 0.25) is 10.0 Å². The summed E-state index contributed by atoms with van der Waals surface area (Å²) in [5.74, 6) is -0.00103. The Morgan fingerprint density at radius 3 is 2.65 bits per heavy atom. The zero-order valence-electron chi connectivity index (χ0n) is 19.3. The average Bonchev–Trinajstić information content (AvgIpc) is 3.26. The van der Waals surface area contributed by atoms with Gasteiger partial charge in [0, 0.05) is 30.3 Å². The van der Waals surface area contributed by atoms with Gasteiger partial charge < -0.3 is 15.4 Å². The molecule has 2 aliphatic heterocycles. The molecule has 4 heterocycles. The van der Waals surface area contributed by atoms with E-state index in [9.17, 15) is 9.59 Å². The van der Waals surface area contributed by atoms with Crippen LogP contribution in [0.25, 0.3) is 10.2 Å². The Morgan fingerprint density at radius 1 is 1.11 bits per heavy atom. The Kier molecular flexibility index (Phi) is 6.43. The second-order valence-electron chi connectivity index (χ2n) is 8.58. The molecule has 12 heteroatoms. The first-order chi connectivity index (χ1) is 18.0. The largest absolute Gasteiger partial charge is 0.379 e. The van der Waals surface area contributed by atoms with Crippen LogP contribution in [0.3, 0.4) is 0 Å². The number of nitrogens with zero attached hydrogens (tertiary/aromatic N) is 4. The second-order valence-corrected chi connectivity index (χ2v) is 10.4. The fourth-order valence-electron chi connectivity index (χ4n) is 4.41. The third-order valence-electron chi connectivity index (χ3n) is 6.19. The van der Waals surface area contributed by atoms with Gasteiger partial charge in [0.25, 0.3) is 5.91 Å². The molecule has 0 bridgehead atoms. The maximum atomic E-state index is 13.3. The lowest BCUT2D eigenvalue weighted by molar-refractivity contribution is 0.0342. The van der Waals surface area contributed by atoms with Crippen LogP contribution in [-0.4, -0.2) is 53.1 Å². The lowest BCUT2D eigenvalue weighted by atomic mass is 10.1. The highest BCUT2D eigenvalue weighted by Gasteiger charge is 2.34. The third kappa shape index (κ3) is 4.62. The summed E-state index contributed by atoms with van der Waals surface area (Å²) in [5, 5.41) is 7.08. The summed E-state index contributed by atoms with van der Waals surface area (Å²) in [6, 6.07) is 12.1. The molecule has 0 atom stereocenters. The van der Waals surface area contributed by atoms with Crippen molar-refractivity contribution in [3.8, 4) is 0 Å². The zero-order valence-corrected chi connectivity index (χ0v) is 21.7. The Bertz CT molecular complexity index is 1520. The van der Waals surface area contributed by atoms with Crippen LogP contribution in [0.15, 0.2) is 48.8 Å². The number of nitrogens with one attached hydrogen (secondary N) is 2. The summed E-state index contributed by atoms with van der Waals surface area (Å²) < 4.78 is 5.40. The molecule has 0 saturated carbocycles. The van der Waals surface area contributed by atoms with Crippen LogP contribution in [0.1, 0.15) is 15.2 Å². The monoisotopic (exact) mass is 554 g/mol. The quantitative estimate of drug-likeness (QED) is 0.325. The normalized spacial score (nSPS) is 15.6. The number of hydrogen-bond acceptors (Lipinski definition) is 7. The number of aromatic nitrogens is 2. The van der Waals surface area contributed by atoms with Gasteiger partial charge in [-0.1, -0.05) is 35.3 Å². The van der Waals surface area contributed by atoms with Crippen LogP contribution in [0.5, 0.6) is 0 Å². The predicted molar refractivity (Wildman–Crippen MR) is 146 cm³/mol. The molecule has 1 saturated heterocycles. The van der Waals surface area contributed by atoms with Crippen molar-refractivity contribution >= 4 is 79.6 Å². The standard InChI is InChI=1S/C25H20Cl2N6O3S/c26-15-3-6-18(17(27)11-15)33-22-19-20(31-25(33)35)21(37-24(19)29-13-28-22)23(34)30-16-4-1-14(2-5-16)12-32-7-9-36-10-8-32/h1-6,11,13H,7-10,12H2,(H,30,34)(H,31,35). The SMILES string of the molecule is O=C(Nc1ccc(CN2CCOCC2)cc1)c1sc2ncnc3c2c1NC(=O)N3c1ccc(Cl)cc1Cl. The highest BCUT2D eigenvalue weighted by molar-refractivity contribution is 7.21. The van der Waals surface area contributed by atoms with Gasteiger partial charge >= 0.3 is 6.03 Å². The highest BCUT2D eigenvalue weighted by Crippen LogP contribution is 2.46. The Morgan fingerprint density at radius 2 is 1.89 bits per heavy atom. The molecule has 0 unspecified atom stereocenters. The fourth-order valence-corrected chi connectivity index (χ4v) is 5.89. The second kappa shape index (κ2) is 9.88. The molecule has 0 spiro atoms. The molecule has 0 aliphatic carbocycles. The molecule has 2 aliphatic rings. The summed E-state index contributed by atoms with van der Waals surface area (Å²) in [6.07, 6.45) is 1.36. The molecule has 9 nitrogen and oxygen atoms in total. The van der Waals surface area contributed by atoms with Crippen LogP contribution >= 0.6 is 34.5 Å². The molecule has 188 valence electrons. The molecular formula is C25H20Cl2N6O3S. The Hall–Kier alpha value is -3.28. The number of ether oxygens (including phenoxy) is 1. The number of carbonyl (C=O) groups excluding carboxylic acids is 2. The number of thiophene rings is 1. The first kappa shape index (κ1) is 24.1. The summed E-state index contributed by atoms with van der Waals surface area (Å²) in [4.78, 5) is 39.8. The molecule has 3 amide bonds. The van der Waals surface area contributed by atoms with E-state index in [0.29, 0.717) is 48.0 Å². The van der Waals surface area contributed by atoms with E-state index in [4.69, 9.17) is 27.9 Å². The van der Waals surface area contributed by atoms with Gasteiger partial charge in [0.05, 0.1) is 35.0 Å². The summed E-state index contributed by atoms with van der Waals surface area (Å²) in [7, 11) is 0. The molecule has 2 aromatic carbocycles. The van der Waals surface area contributed by atoms with Crippen molar-refractivity contribution in [2.75, 3.05) is 41.8 Å². The number of halogens is 2. The van der Waals surface area contributed by atoms with Gasteiger partial charge in [-0.3, -0.25) is 9.69 Å². The van der Waals surface area contributed by atoms with Crippen LogP contribution < -0.4 is 15.5 Å². The molecule has 1 fully saturated rings. The van der Waals surface area contributed by atoms with Crippen molar-refractivity contribution in [3.63, 3.8) is 0 Å². The fraction of sp³-hybridized carbons (Fsp3) is 0.200. The number of anilines is 4. The minimum atomic E-state index is -0.489. The number of carbonyl (C=O) groups is 2. The molecule has 2 aromatic heterocycles. The van der Waals surface area contributed by atoms with E-state index in [-0.39, 0.29) is 5.91 Å². The molecule has 0 radical (unpaired) electrons. The Labute approximate surface area is 226 Å². The zero-order chi connectivity index (χ0) is 25.5. The van der Waals surface area contributed by atoms with Gasteiger partial charge in [-0.2, -0.15) is 0 Å². The van der Waals surface area contributed by atoms with E-state index in [1.165, 1.54) is 22.6 Å². The molecule has 4 aromatic rings. The van der Waals surface area contributed by atoms with Gasteiger partial charge in [-0.25, -0.2) is 19.7 Å². The van der Waals surface area contributed by atoms with E-state index < -0.39 is 6.03 Å². The van der Waals surface area contributed by atoms with Crippen molar-refractivity contribution in [2.45, 2.75) is 6.54 Å². The Balaban J connectivity index is 1.27. The van der Waals surface area contributed by atoms with E-state index in [1.807, 2.05) is 24.3 Å². The van der Waals surface area contributed by atoms with Gasteiger partial charge in [-0.15, -0.1) is 11.3 Å².